The van der Waals surface area contributed by atoms with E-state index in [1.807, 2.05) is 41.9 Å². The Kier molecular flexibility index (Phi) is 5.61. The Bertz CT molecular complexity index is 1280. The van der Waals surface area contributed by atoms with Gasteiger partial charge in [0.1, 0.15) is 18.6 Å². The van der Waals surface area contributed by atoms with Gasteiger partial charge in [0, 0.05) is 25.7 Å². The van der Waals surface area contributed by atoms with E-state index in [0.717, 1.165) is 34.7 Å². The molecule has 0 saturated heterocycles. The van der Waals surface area contributed by atoms with E-state index in [1.54, 1.807) is 23.1 Å². The van der Waals surface area contributed by atoms with Crippen molar-refractivity contribution in [2.24, 2.45) is 7.05 Å². The lowest BCUT2D eigenvalue weighted by atomic mass is 10.1. The first-order valence-electron chi connectivity index (χ1n) is 11.3. The molecule has 0 bridgehead atoms. The minimum absolute atomic E-state index is 0.00485. The maximum absolute atomic E-state index is 12.6. The summed E-state index contributed by atoms with van der Waals surface area (Å²) in [6.45, 7) is 3.38. The maximum atomic E-state index is 12.6. The molecule has 2 aliphatic heterocycles. The van der Waals surface area contributed by atoms with Gasteiger partial charge in [-0.05, 0) is 23.8 Å². The van der Waals surface area contributed by atoms with Crippen LogP contribution in [0.3, 0.4) is 0 Å². The van der Waals surface area contributed by atoms with E-state index in [2.05, 4.69) is 17.6 Å². The molecule has 0 radical (unpaired) electrons. The molecule has 2 atom stereocenters. The maximum Gasteiger partial charge on any atom is 0.410 e. The highest BCUT2D eigenvalue weighted by molar-refractivity contribution is 5.92. The van der Waals surface area contributed by atoms with Crippen molar-refractivity contribution in [1.29, 1.82) is 0 Å². The summed E-state index contributed by atoms with van der Waals surface area (Å²) in [6, 6.07) is 14.6. The third kappa shape index (κ3) is 4.05. The summed E-state index contributed by atoms with van der Waals surface area (Å²) >= 11 is 0. The number of carbonyl (C=O) groups is 2. The third-order valence-electron chi connectivity index (χ3n) is 6.54. The van der Waals surface area contributed by atoms with Gasteiger partial charge in [0.2, 0.25) is 0 Å². The molecule has 9 nitrogen and oxygen atoms in total. The molecule has 34 heavy (non-hydrogen) atoms. The molecule has 0 spiro atoms. The number of nitrogens with one attached hydrogen (secondary N) is 2. The zero-order valence-corrected chi connectivity index (χ0v) is 19.1. The molecule has 2 aromatic carbocycles. The van der Waals surface area contributed by atoms with E-state index < -0.39 is 5.97 Å². The van der Waals surface area contributed by atoms with Gasteiger partial charge in [0.15, 0.2) is 0 Å². The number of rotatable bonds is 5. The second-order valence-electron chi connectivity index (χ2n) is 8.76. The van der Waals surface area contributed by atoms with Gasteiger partial charge in [-0.2, -0.15) is 0 Å². The Balaban J connectivity index is 1.24. The van der Waals surface area contributed by atoms with Gasteiger partial charge in [0.05, 0.1) is 34.8 Å². The van der Waals surface area contributed by atoms with E-state index in [4.69, 9.17) is 9.72 Å². The van der Waals surface area contributed by atoms with Crippen LogP contribution in [0.1, 0.15) is 41.0 Å². The van der Waals surface area contributed by atoms with Gasteiger partial charge in [0.25, 0.3) is 0 Å². The smallest absolute Gasteiger partial charge is 0.410 e. The minimum atomic E-state index is -0.968. The number of aromatic carboxylic acids is 1. The van der Waals surface area contributed by atoms with Crippen LogP contribution >= 0.6 is 0 Å². The van der Waals surface area contributed by atoms with Gasteiger partial charge >= 0.3 is 12.1 Å². The fraction of sp³-hybridized carbons (Fsp3) is 0.320. The first-order valence-corrected chi connectivity index (χ1v) is 11.3. The summed E-state index contributed by atoms with van der Waals surface area (Å²) in [7, 11) is 1.94. The molecular formula is C25H27N5O4. The molecule has 3 N–H and O–H groups in total. The van der Waals surface area contributed by atoms with Crippen molar-refractivity contribution in [2.75, 3.05) is 13.1 Å². The van der Waals surface area contributed by atoms with Crippen molar-refractivity contribution in [3.05, 3.63) is 76.9 Å². The summed E-state index contributed by atoms with van der Waals surface area (Å²) in [4.78, 5) is 30.4. The normalized spacial score (nSPS) is 18.3. The number of carboxylic acid groups (broad SMARTS) is 1. The molecule has 5 rings (SSSR count). The average molecular weight is 462 g/mol. The first-order chi connectivity index (χ1) is 16.4. The predicted octanol–water partition coefficient (Wildman–Crippen LogP) is 3.15. The van der Waals surface area contributed by atoms with Crippen molar-refractivity contribution in [1.82, 2.24) is 25.1 Å². The highest BCUT2D eigenvalue weighted by Crippen LogP contribution is 2.28. The van der Waals surface area contributed by atoms with Crippen LogP contribution in [0.2, 0.25) is 0 Å². The molecule has 0 fully saturated rings. The molecule has 1 amide bonds. The van der Waals surface area contributed by atoms with Crippen LogP contribution in [-0.4, -0.2) is 50.9 Å². The van der Waals surface area contributed by atoms with Crippen molar-refractivity contribution < 1.29 is 19.4 Å². The monoisotopic (exact) mass is 461 g/mol. The van der Waals surface area contributed by atoms with Gasteiger partial charge in [-0.1, -0.05) is 37.3 Å². The molecule has 1 aromatic heterocycles. The van der Waals surface area contributed by atoms with Crippen LogP contribution < -0.4 is 10.6 Å². The largest absolute Gasteiger partial charge is 0.478 e. The van der Waals surface area contributed by atoms with Gasteiger partial charge in [-0.3, -0.25) is 0 Å². The molecule has 9 heteroatoms. The van der Waals surface area contributed by atoms with Gasteiger partial charge < -0.3 is 29.9 Å². The summed E-state index contributed by atoms with van der Waals surface area (Å²) in [6.07, 6.45) is 0.314. The Morgan fingerprint density at radius 1 is 1.18 bits per heavy atom. The molecule has 0 saturated carbocycles. The first kappa shape index (κ1) is 21.8. The van der Waals surface area contributed by atoms with Crippen molar-refractivity contribution >= 4 is 23.1 Å². The Morgan fingerprint density at radius 2 is 1.94 bits per heavy atom. The Morgan fingerprint density at radius 3 is 2.71 bits per heavy atom. The number of aryl methyl sites for hydroxylation is 1. The number of carboxylic acids is 1. The second-order valence-corrected chi connectivity index (χ2v) is 8.76. The lowest BCUT2D eigenvalue weighted by molar-refractivity contribution is 0.0696. The van der Waals surface area contributed by atoms with Crippen molar-refractivity contribution in [2.45, 2.75) is 32.0 Å². The third-order valence-corrected chi connectivity index (χ3v) is 6.54. The molecule has 3 aromatic rings. The zero-order chi connectivity index (χ0) is 23.8. The zero-order valence-electron chi connectivity index (χ0n) is 19.1. The number of benzene rings is 2. The number of amides is 1. The highest BCUT2D eigenvalue weighted by atomic mass is 16.6. The van der Waals surface area contributed by atoms with E-state index in [-0.39, 0.29) is 30.3 Å². The standard InChI is InChI=1S/C25H27N5O4/c1-15(23-28-19-12-17(24(31)32)8-9-21(19)29(23)2)22-26-18-10-11-30(13-20(18)27-22)25(33)34-14-16-6-4-3-5-7-16/h3-9,12,15,22,26-27H,10-11,13-14H2,1-2H3,(H,31,32). The fourth-order valence-electron chi connectivity index (χ4n) is 4.59. The number of carbonyl (C=O) groups excluding carboxylic acids is 1. The fourth-order valence-corrected chi connectivity index (χ4v) is 4.59. The number of imidazole rings is 1. The molecule has 3 heterocycles. The topological polar surface area (TPSA) is 109 Å². The summed E-state index contributed by atoms with van der Waals surface area (Å²) in [5, 5.41) is 16.4. The van der Waals surface area contributed by atoms with Crippen LogP contribution in [0, 0.1) is 0 Å². The minimum Gasteiger partial charge on any atom is -0.478 e. The number of aromatic nitrogens is 2. The molecule has 2 aliphatic rings. The highest BCUT2D eigenvalue weighted by Gasteiger charge is 2.34. The number of fused-ring (bicyclic) bond motifs is 1. The van der Waals surface area contributed by atoms with E-state index in [9.17, 15) is 14.7 Å². The Labute approximate surface area is 197 Å². The van der Waals surface area contributed by atoms with Crippen LogP contribution in [0.5, 0.6) is 0 Å². The van der Waals surface area contributed by atoms with Crippen molar-refractivity contribution in [3.8, 4) is 0 Å². The van der Waals surface area contributed by atoms with Crippen molar-refractivity contribution in [3.63, 3.8) is 0 Å². The average Bonchev–Trinajstić information content (AvgIpc) is 3.43. The van der Waals surface area contributed by atoms with E-state index in [0.29, 0.717) is 18.6 Å². The van der Waals surface area contributed by atoms with Crippen LogP contribution in [-0.2, 0) is 18.4 Å². The summed E-state index contributed by atoms with van der Waals surface area (Å²) < 4.78 is 7.50. The molecule has 0 aliphatic carbocycles. The quantitative estimate of drug-likeness (QED) is 0.536. The SMILES string of the molecule is CC(c1nc2cc(C(=O)O)ccc2n1C)C1NC2=C(CN(C(=O)OCc3ccccc3)CC2)N1. The van der Waals surface area contributed by atoms with E-state index in [1.165, 1.54) is 0 Å². The number of nitrogens with zero attached hydrogens (tertiary/aromatic N) is 3. The van der Waals surface area contributed by atoms with Crippen LogP contribution in [0.15, 0.2) is 59.9 Å². The van der Waals surface area contributed by atoms with Gasteiger partial charge in [-0.25, -0.2) is 14.6 Å². The van der Waals surface area contributed by atoms with Crippen LogP contribution in [0.25, 0.3) is 11.0 Å². The molecule has 176 valence electrons. The number of ether oxygens (including phenoxy) is 1. The lowest BCUT2D eigenvalue weighted by Gasteiger charge is -2.27. The van der Waals surface area contributed by atoms with Gasteiger partial charge in [-0.15, -0.1) is 0 Å². The summed E-state index contributed by atoms with van der Waals surface area (Å²) in [5.41, 5.74) is 4.82. The predicted molar refractivity (Wildman–Crippen MR) is 126 cm³/mol. The number of hydrogen-bond donors (Lipinski definition) is 3. The van der Waals surface area contributed by atoms with Crippen LogP contribution in [0.4, 0.5) is 4.79 Å². The lowest BCUT2D eigenvalue weighted by Crippen LogP contribution is -2.40. The second kappa shape index (κ2) is 8.74. The molecular weight excluding hydrogens is 434 g/mol. The molecule has 2 unspecified atom stereocenters. The van der Waals surface area contributed by atoms with E-state index >= 15 is 0 Å². The number of hydrogen-bond acceptors (Lipinski definition) is 6. The Hall–Kier alpha value is -4.01. The summed E-state index contributed by atoms with van der Waals surface area (Å²) in [5.74, 6) is -0.124.